The van der Waals surface area contributed by atoms with Gasteiger partial charge < -0.3 is 9.84 Å². The van der Waals surface area contributed by atoms with Gasteiger partial charge in [-0.25, -0.2) is 4.39 Å². The monoisotopic (exact) mass is 380 g/mol. The number of carbonyl (C=O) groups excluding carboxylic acids is 1. The summed E-state index contributed by atoms with van der Waals surface area (Å²) < 4.78 is 45.6. The molecule has 2 rings (SSSR count). The normalized spacial score (nSPS) is 11.6. The smallest absolute Gasteiger partial charge is 0.352 e. The van der Waals surface area contributed by atoms with E-state index in [-0.39, 0.29) is 22.8 Å². The highest BCUT2D eigenvalue weighted by atomic mass is 35.5. The fraction of sp³-hybridized carbons (Fsp3) is 0.333. The quantitative estimate of drug-likeness (QED) is 0.569. The minimum Gasteiger partial charge on any atom is -0.352 e. The number of amides is 1. The second-order valence-corrected chi connectivity index (χ2v) is 5.88. The zero-order chi connectivity index (χ0) is 17.9. The molecule has 0 fully saturated rings. The Kier molecular flexibility index (Phi) is 5.77. The van der Waals surface area contributed by atoms with Crippen LogP contribution in [0.3, 0.4) is 0 Å². The van der Waals surface area contributed by atoms with E-state index < -0.39 is 28.4 Å². The van der Waals surface area contributed by atoms with E-state index >= 15 is 0 Å². The minimum atomic E-state index is -3.97. The average Bonchev–Trinajstić information content (AvgIpc) is 2.92. The van der Waals surface area contributed by atoms with Gasteiger partial charge in [0.1, 0.15) is 17.1 Å². The molecule has 0 atom stereocenters. The lowest BCUT2D eigenvalue weighted by Crippen LogP contribution is -2.26. The van der Waals surface area contributed by atoms with Crippen molar-refractivity contribution in [1.82, 2.24) is 10.5 Å². The van der Waals surface area contributed by atoms with E-state index in [0.29, 0.717) is 6.42 Å². The van der Waals surface area contributed by atoms with Gasteiger partial charge in [-0.3, -0.25) is 4.79 Å². The van der Waals surface area contributed by atoms with Gasteiger partial charge in [0, 0.05) is 17.1 Å². The van der Waals surface area contributed by atoms with Crippen molar-refractivity contribution in [1.29, 1.82) is 0 Å². The molecule has 1 aromatic heterocycles. The molecule has 1 amide bonds. The Morgan fingerprint density at radius 1 is 1.42 bits per heavy atom. The maximum absolute atomic E-state index is 14.1. The first-order valence-electron chi connectivity index (χ1n) is 7.06. The predicted molar refractivity (Wildman–Crippen MR) is 83.9 cm³/mol. The number of unbranched alkanes of at least 4 members (excludes halogenated alkanes) is 1. The molecule has 0 aliphatic rings. The number of alkyl halides is 3. The Bertz CT molecular complexity index is 745. The van der Waals surface area contributed by atoms with E-state index in [2.05, 4.69) is 15.0 Å². The number of benzene rings is 1. The van der Waals surface area contributed by atoms with E-state index in [0.717, 1.165) is 12.5 Å². The van der Waals surface area contributed by atoms with Crippen molar-refractivity contribution in [3.8, 4) is 11.3 Å². The lowest BCUT2D eigenvalue weighted by molar-refractivity contribution is 0.0583. The summed E-state index contributed by atoms with van der Waals surface area (Å²) in [6.07, 6.45) is 1.44. The lowest BCUT2D eigenvalue weighted by atomic mass is 10.0. The highest BCUT2D eigenvalue weighted by Crippen LogP contribution is 2.39. The zero-order valence-corrected chi connectivity index (χ0v) is 14.0. The molecule has 1 heterocycles. The summed E-state index contributed by atoms with van der Waals surface area (Å²) in [6, 6.07) is 3.53. The molecule has 1 aromatic carbocycles. The summed E-state index contributed by atoms with van der Waals surface area (Å²) in [5.41, 5.74) is -1.17. The molecule has 0 aliphatic carbocycles. The Hall–Kier alpha value is -1.73. The number of hydrogen-bond donors (Lipinski definition) is 1. The van der Waals surface area contributed by atoms with Gasteiger partial charge in [-0.1, -0.05) is 30.1 Å². The van der Waals surface area contributed by atoms with Crippen LogP contribution in [0.15, 0.2) is 22.7 Å². The SMILES string of the molecule is CCCCNC(=O)c1c(-c2ccc(Cl)cc2F)noc1C(F)(F)Cl. The Balaban J connectivity index is 2.52. The summed E-state index contributed by atoms with van der Waals surface area (Å²) in [5.74, 6) is -2.84. The third-order valence-corrected chi connectivity index (χ3v) is 3.59. The molecule has 130 valence electrons. The van der Waals surface area contributed by atoms with Crippen molar-refractivity contribution in [3.63, 3.8) is 0 Å². The molecule has 2 aromatic rings. The van der Waals surface area contributed by atoms with E-state index in [1.807, 2.05) is 6.92 Å². The van der Waals surface area contributed by atoms with Crippen LogP contribution in [0, 0.1) is 5.82 Å². The van der Waals surface area contributed by atoms with Crippen LogP contribution in [0.1, 0.15) is 35.9 Å². The summed E-state index contributed by atoms with van der Waals surface area (Å²) >= 11 is 10.6. The Morgan fingerprint density at radius 3 is 2.71 bits per heavy atom. The van der Waals surface area contributed by atoms with Crippen molar-refractivity contribution in [2.45, 2.75) is 25.1 Å². The zero-order valence-electron chi connectivity index (χ0n) is 12.5. The molecule has 4 nitrogen and oxygen atoms in total. The van der Waals surface area contributed by atoms with Crippen molar-refractivity contribution < 1.29 is 22.5 Å². The van der Waals surface area contributed by atoms with Crippen LogP contribution in [0.5, 0.6) is 0 Å². The summed E-state index contributed by atoms with van der Waals surface area (Å²) in [7, 11) is 0. The third kappa shape index (κ3) is 4.02. The second-order valence-electron chi connectivity index (χ2n) is 4.97. The van der Waals surface area contributed by atoms with Crippen molar-refractivity contribution in [2.75, 3.05) is 6.54 Å². The number of aromatic nitrogens is 1. The van der Waals surface area contributed by atoms with Crippen LogP contribution in [0.25, 0.3) is 11.3 Å². The molecule has 1 N–H and O–H groups in total. The van der Waals surface area contributed by atoms with Crippen molar-refractivity contribution >= 4 is 29.1 Å². The van der Waals surface area contributed by atoms with E-state index in [1.165, 1.54) is 12.1 Å². The van der Waals surface area contributed by atoms with Gasteiger partial charge in [-0.05, 0) is 36.2 Å². The molecule has 0 radical (unpaired) electrons. The Morgan fingerprint density at radius 2 is 2.12 bits per heavy atom. The highest BCUT2D eigenvalue weighted by molar-refractivity contribution is 6.30. The fourth-order valence-corrected chi connectivity index (χ4v) is 2.31. The molecule has 0 saturated heterocycles. The van der Waals surface area contributed by atoms with Gasteiger partial charge in [0.2, 0.25) is 5.76 Å². The molecule has 24 heavy (non-hydrogen) atoms. The van der Waals surface area contributed by atoms with Crippen LogP contribution >= 0.6 is 23.2 Å². The largest absolute Gasteiger partial charge is 0.383 e. The van der Waals surface area contributed by atoms with Crippen LogP contribution < -0.4 is 5.32 Å². The van der Waals surface area contributed by atoms with Gasteiger partial charge >= 0.3 is 5.38 Å². The second kappa shape index (κ2) is 7.44. The standard InChI is InChI=1S/C15H13Cl2F3N2O2/c1-2-3-6-21-14(23)11-12(22-24-13(11)15(17,19)20)9-5-4-8(16)7-10(9)18/h4-5,7H,2-3,6H2,1H3,(H,21,23). The topological polar surface area (TPSA) is 55.1 Å². The van der Waals surface area contributed by atoms with Crippen molar-refractivity contribution in [3.05, 3.63) is 40.4 Å². The van der Waals surface area contributed by atoms with Gasteiger partial charge in [0.05, 0.1) is 0 Å². The molecular formula is C15H13Cl2F3N2O2. The minimum absolute atomic E-state index is 0.108. The van der Waals surface area contributed by atoms with Crippen LogP contribution in [-0.4, -0.2) is 17.6 Å². The van der Waals surface area contributed by atoms with Crippen LogP contribution in [-0.2, 0) is 5.38 Å². The molecule has 0 aliphatic heterocycles. The first-order chi connectivity index (χ1) is 11.3. The van der Waals surface area contributed by atoms with Gasteiger partial charge in [-0.15, -0.1) is 0 Å². The summed E-state index contributed by atoms with van der Waals surface area (Å²) in [6.45, 7) is 2.16. The molecular weight excluding hydrogens is 368 g/mol. The van der Waals surface area contributed by atoms with E-state index in [4.69, 9.17) is 23.2 Å². The Labute approximate surface area is 145 Å². The van der Waals surface area contributed by atoms with Crippen LogP contribution in [0.2, 0.25) is 5.02 Å². The number of halogens is 5. The number of nitrogens with one attached hydrogen (secondary N) is 1. The first kappa shape index (κ1) is 18.6. The predicted octanol–water partition coefficient (Wildman–Crippen LogP) is 4.95. The highest BCUT2D eigenvalue weighted by Gasteiger charge is 2.41. The first-order valence-corrected chi connectivity index (χ1v) is 7.81. The number of nitrogens with zero attached hydrogens (tertiary/aromatic N) is 1. The summed E-state index contributed by atoms with van der Waals surface area (Å²) in [5, 5.41) is 2.01. The van der Waals surface area contributed by atoms with Gasteiger partial charge in [0.15, 0.2) is 0 Å². The number of hydrogen-bond acceptors (Lipinski definition) is 3. The van der Waals surface area contributed by atoms with Gasteiger partial charge in [-0.2, -0.15) is 8.78 Å². The maximum Gasteiger partial charge on any atom is 0.383 e. The lowest BCUT2D eigenvalue weighted by Gasteiger charge is -2.09. The van der Waals surface area contributed by atoms with E-state index in [1.54, 1.807) is 0 Å². The maximum atomic E-state index is 14.1. The van der Waals surface area contributed by atoms with Crippen LogP contribution in [0.4, 0.5) is 13.2 Å². The summed E-state index contributed by atoms with van der Waals surface area (Å²) in [4.78, 5) is 12.3. The molecule has 0 spiro atoms. The third-order valence-electron chi connectivity index (χ3n) is 3.18. The number of carbonyl (C=O) groups is 1. The van der Waals surface area contributed by atoms with E-state index in [9.17, 15) is 18.0 Å². The molecule has 9 heteroatoms. The van der Waals surface area contributed by atoms with Gasteiger partial charge in [0.25, 0.3) is 5.91 Å². The average molecular weight is 381 g/mol. The molecule has 0 unspecified atom stereocenters. The number of rotatable bonds is 6. The van der Waals surface area contributed by atoms with Crippen molar-refractivity contribution in [2.24, 2.45) is 0 Å². The molecule has 0 bridgehead atoms. The molecule has 0 saturated carbocycles. The fourth-order valence-electron chi connectivity index (χ4n) is 2.03.